The molecule has 9 heteroatoms. The number of ether oxygens (including phenoxy) is 2. The fraction of sp³-hybridized carbons (Fsp3) is 0.436. The van der Waals surface area contributed by atoms with Crippen LogP contribution in [0.3, 0.4) is 0 Å². The summed E-state index contributed by atoms with van der Waals surface area (Å²) in [6.07, 6.45) is 30.2. The predicted octanol–water partition coefficient (Wildman–Crippen LogP) is 15.7. The number of nitrogens with two attached hydrogens (primary N) is 1. The van der Waals surface area contributed by atoms with E-state index in [1.54, 1.807) is 6.08 Å². The molecule has 0 saturated carbocycles. The molecule has 5 rings (SSSR count). The van der Waals surface area contributed by atoms with E-state index < -0.39 is 0 Å². The van der Waals surface area contributed by atoms with Gasteiger partial charge in [0.2, 0.25) is 0 Å². The van der Waals surface area contributed by atoms with Gasteiger partial charge in [0.05, 0.1) is 11.1 Å². The van der Waals surface area contributed by atoms with Crippen molar-refractivity contribution in [1.29, 1.82) is 0 Å². The number of H-pyrrole nitrogens is 1. The number of unbranched alkanes of at least 4 members (excludes halogenated alkanes) is 8. The summed E-state index contributed by atoms with van der Waals surface area (Å²) >= 11 is 8.53. The number of nitrogens with one attached hydrogen (secondary N) is 1. The predicted molar refractivity (Wildman–Crippen MR) is 278 cm³/mol. The Kier molecular flexibility index (Phi) is 22.3. The minimum atomic E-state index is 0.559. The third kappa shape index (κ3) is 15.5. The molecule has 3 N–H and O–H groups in total. The molecular weight excluding hydrogens is 974 g/mol. The second-order valence-electron chi connectivity index (χ2n) is 17.2. The van der Waals surface area contributed by atoms with Crippen LogP contribution in [0.5, 0.6) is 11.5 Å². The normalized spacial score (nSPS) is 16.3. The molecule has 0 amide bonds. The topological polar surface area (TPSA) is 85.0 Å². The molecule has 6 nitrogen and oxygen atoms in total. The van der Waals surface area contributed by atoms with Crippen LogP contribution < -0.4 is 15.2 Å². The van der Waals surface area contributed by atoms with Crippen LogP contribution in [0.1, 0.15) is 153 Å². The van der Waals surface area contributed by atoms with Gasteiger partial charge in [0, 0.05) is 5.70 Å². The monoisotopic (exact) mass is 1040 g/mol. The Balaban J connectivity index is 1.33. The molecule has 2 aliphatic rings. The minimum absolute atomic E-state index is 0.559. The Morgan fingerprint density at radius 3 is 1.66 bits per heavy atom. The molecule has 2 aromatic carbocycles. The van der Waals surface area contributed by atoms with Crippen LogP contribution in [0.15, 0.2) is 129 Å². The van der Waals surface area contributed by atoms with Crippen LogP contribution in [0.4, 0.5) is 0 Å². The molecule has 2 atom stereocenters. The van der Waals surface area contributed by atoms with Crippen molar-refractivity contribution in [2.75, 3.05) is 13.2 Å². The van der Waals surface area contributed by atoms with E-state index in [1.807, 2.05) is 6.07 Å². The van der Waals surface area contributed by atoms with Gasteiger partial charge in [0.1, 0.15) is 5.75 Å². The van der Waals surface area contributed by atoms with Gasteiger partial charge in [0.15, 0.2) is 0 Å². The number of aromatic nitrogens is 1. The Bertz CT molecular complexity index is 2210. The van der Waals surface area contributed by atoms with E-state index in [4.69, 9.17) is 25.2 Å². The van der Waals surface area contributed by atoms with Gasteiger partial charge in [-0.2, -0.15) is 0 Å². The first-order valence-electron chi connectivity index (χ1n) is 24.0. The van der Waals surface area contributed by atoms with Gasteiger partial charge in [0.25, 0.3) is 0 Å². The molecule has 2 unspecified atom stereocenters. The number of halogens is 2. The van der Waals surface area contributed by atoms with E-state index in [-0.39, 0.29) is 0 Å². The maximum atomic E-state index is 6.43. The first kappa shape index (κ1) is 51.3. The van der Waals surface area contributed by atoms with Gasteiger partial charge < -0.3 is 10.5 Å². The molecule has 2 aliphatic heterocycles. The van der Waals surface area contributed by atoms with Gasteiger partial charge in [-0.3, -0.25) is 0 Å². The quantitative estimate of drug-likeness (QED) is 0.0413. The van der Waals surface area contributed by atoms with Crippen LogP contribution >= 0.6 is 31.9 Å². The van der Waals surface area contributed by atoms with Crippen LogP contribution in [0.25, 0.3) is 10.1 Å². The molecule has 338 valence electrons. The second kappa shape index (κ2) is 27.7. The molecule has 3 heterocycles. The van der Waals surface area contributed by atoms with Crippen molar-refractivity contribution in [3.05, 3.63) is 142 Å². The van der Waals surface area contributed by atoms with Gasteiger partial charge in [-0.05, 0) is 40.8 Å². The fourth-order valence-electron chi connectivity index (χ4n) is 8.14. The van der Waals surface area contributed by atoms with Crippen LogP contribution in [-0.2, 0) is 17.9 Å². The average molecular weight is 1040 g/mol. The van der Waals surface area contributed by atoms with Crippen molar-refractivity contribution >= 4 is 57.4 Å². The Morgan fingerprint density at radius 1 is 0.625 bits per heavy atom. The van der Waals surface area contributed by atoms with Gasteiger partial charge in [-0.1, -0.05) is 72.3 Å². The summed E-state index contributed by atoms with van der Waals surface area (Å²) < 4.78 is 15.6. The molecule has 0 aliphatic carbocycles. The molecular formula is C55H70Br2N4O2Zn. The van der Waals surface area contributed by atoms with E-state index in [0.717, 1.165) is 96.9 Å². The SMILES string of the molecule is C=C/C(N)=C(\Br)c1ccc(/C(=C2/C=CC(C(/Br)=C3/C=CC([C](=[Zn])c4ccc(OCC(CCCC)CCCCCC)cc4)=N3)=N2)c2ccc(OCC(CCCC)CCCCCC)cc2)[nH]1. The number of allylic oxidation sites excluding steroid dienone is 6. The van der Waals surface area contributed by atoms with E-state index >= 15 is 0 Å². The number of benzene rings is 2. The summed E-state index contributed by atoms with van der Waals surface area (Å²) in [4.78, 5) is 13.9. The first-order valence-corrected chi connectivity index (χ1v) is 27.1. The summed E-state index contributed by atoms with van der Waals surface area (Å²) in [6, 6.07) is 21.1. The summed E-state index contributed by atoms with van der Waals surface area (Å²) in [6.45, 7) is 14.5. The van der Waals surface area contributed by atoms with Crippen molar-refractivity contribution in [1.82, 2.24) is 4.98 Å². The van der Waals surface area contributed by atoms with Crippen LogP contribution in [-0.4, -0.2) is 33.7 Å². The van der Waals surface area contributed by atoms with E-state index in [0.29, 0.717) is 17.5 Å². The molecule has 3 aromatic rings. The molecule has 64 heavy (non-hydrogen) atoms. The number of hydrogen-bond donors (Lipinski definition) is 2. The third-order valence-corrected chi connectivity index (χ3v) is 15.5. The van der Waals surface area contributed by atoms with Crippen molar-refractivity contribution in [3.63, 3.8) is 0 Å². The maximum absolute atomic E-state index is 6.43. The number of rotatable bonds is 29. The van der Waals surface area contributed by atoms with Crippen molar-refractivity contribution in [2.45, 2.75) is 130 Å². The number of nitrogens with zero attached hydrogens (tertiary/aromatic N) is 2. The zero-order valence-electron chi connectivity index (χ0n) is 39.0. The fourth-order valence-corrected chi connectivity index (χ4v) is 9.88. The molecule has 0 spiro atoms. The molecule has 0 bridgehead atoms. The second-order valence-corrected chi connectivity index (χ2v) is 20.3. The molecule has 0 radical (unpaired) electrons. The zero-order chi connectivity index (χ0) is 45.7. The van der Waals surface area contributed by atoms with Gasteiger partial charge >= 0.3 is 268 Å². The number of hydrogen-bond acceptors (Lipinski definition) is 5. The standard InChI is InChI=1S/C55H70Br2N4O2.Zn/c1-6-11-15-17-21-41(19-13-8-3)38-62-45-28-23-40(24-29-45)37-44-27-32-51(59-44)55(57)52-36-34-49(61-52)53(48-33-35-50(60-48)54(56)47(58)10-5)43-25-30-46(31-26-43)63-39-42(20-14-9-4)22-18-16-12-7-2;/h10,23-36,41-42,60H,5-9,11-22,38-39,58H2,1-4H3;/b53-49-,54-47+,55-51+;. The van der Waals surface area contributed by atoms with Crippen molar-refractivity contribution in [2.24, 2.45) is 27.6 Å². The summed E-state index contributed by atoms with van der Waals surface area (Å²) in [5.41, 5.74) is 15.2. The summed E-state index contributed by atoms with van der Waals surface area (Å²) in [5.74, 6) is 3.04. The van der Waals surface area contributed by atoms with E-state index in [1.165, 1.54) is 112 Å². The summed E-state index contributed by atoms with van der Waals surface area (Å²) in [5, 5.41) is 0. The first-order chi connectivity index (χ1) is 31.2. The number of aliphatic imine (C=N–C) groups is 2. The van der Waals surface area contributed by atoms with Crippen LogP contribution in [0, 0.1) is 11.8 Å². The summed E-state index contributed by atoms with van der Waals surface area (Å²) in [7, 11) is 0. The van der Waals surface area contributed by atoms with E-state index in [2.05, 4.69) is 150 Å². The van der Waals surface area contributed by atoms with Crippen LogP contribution in [0.2, 0.25) is 0 Å². The Labute approximate surface area is 411 Å². The van der Waals surface area contributed by atoms with Crippen molar-refractivity contribution in [3.8, 4) is 11.5 Å². The molecule has 0 saturated heterocycles. The Morgan fingerprint density at radius 2 is 1.11 bits per heavy atom. The van der Waals surface area contributed by atoms with E-state index in [9.17, 15) is 0 Å². The number of aromatic amines is 1. The average Bonchev–Trinajstić information content (AvgIpc) is 4.13. The molecule has 0 fully saturated rings. The van der Waals surface area contributed by atoms with Gasteiger partial charge in [-0.15, -0.1) is 0 Å². The Hall–Kier alpha value is -3.65. The zero-order valence-corrected chi connectivity index (χ0v) is 45.1. The van der Waals surface area contributed by atoms with Crippen molar-refractivity contribution < 1.29 is 27.3 Å². The molecule has 1 aromatic heterocycles. The third-order valence-electron chi connectivity index (χ3n) is 12.1. The van der Waals surface area contributed by atoms with Gasteiger partial charge in [-0.25, -0.2) is 0 Å².